The molecule has 13 heteroatoms. The molecule has 0 aromatic rings. The van der Waals surface area contributed by atoms with E-state index < -0.39 is 18.1 Å². The molecule has 0 aliphatic carbocycles. The Hall–Kier alpha value is 4.32. The fourth-order valence-corrected chi connectivity index (χ4v) is 0. The molecule has 0 saturated heterocycles. The molecule has 0 aromatic heterocycles. The molecular formula is H12BaKNaO8Si2. The van der Waals surface area contributed by atoms with Gasteiger partial charge in [-0.1, -0.05) is 0 Å². The summed E-state index contributed by atoms with van der Waals surface area (Å²) in [4.78, 5) is 58.6. The molecule has 0 rings (SSSR count). The van der Waals surface area contributed by atoms with E-state index in [2.05, 4.69) is 0 Å². The van der Waals surface area contributed by atoms with E-state index in [-0.39, 0.29) is 130 Å². The quantitative estimate of drug-likeness (QED) is 0.188. The molecule has 0 aromatic carbocycles. The van der Waals surface area contributed by atoms with E-state index in [1.165, 1.54) is 0 Å². The Labute approximate surface area is 181 Å². The van der Waals surface area contributed by atoms with E-state index in [9.17, 15) is 0 Å². The molecule has 0 saturated carbocycles. The monoisotopic (exact) mass is 396 g/mol. The molecule has 8 nitrogen and oxygen atoms in total. The van der Waals surface area contributed by atoms with Crippen molar-refractivity contribution in [3.63, 3.8) is 0 Å². The maximum atomic E-state index is 7.33. The average Bonchev–Trinajstić information content (AvgIpc) is 1.12. The second-order valence-electron chi connectivity index (χ2n) is 1.20. The standard InChI is InChI=1S/Ba.K.Na.2H4O4Si.4H/c;;;2*1-5(2,3)4;;;;/h;;;2*1-4H;;;;. The van der Waals surface area contributed by atoms with Crippen LogP contribution in [0.5, 0.6) is 0 Å². The summed E-state index contributed by atoms with van der Waals surface area (Å²) in [5.74, 6) is 0. The Morgan fingerprint density at radius 1 is 0.538 bits per heavy atom. The van der Waals surface area contributed by atoms with Crippen molar-refractivity contribution >= 4 is 148 Å². The molecule has 0 spiro atoms. The molecule has 0 atom stereocenters. The van der Waals surface area contributed by atoms with Gasteiger partial charge in [-0.2, -0.15) is 0 Å². The van der Waals surface area contributed by atoms with Gasteiger partial charge >= 0.3 is 148 Å². The van der Waals surface area contributed by atoms with Gasteiger partial charge in [0.25, 0.3) is 0 Å². The first-order valence-corrected chi connectivity index (χ1v) is 5.37. The molecule has 0 amide bonds. The summed E-state index contributed by atoms with van der Waals surface area (Å²) in [6.07, 6.45) is 0. The molecule has 8 N–H and O–H groups in total. The zero-order valence-electron chi connectivity index (χ0n) is 4.58. The zero-order chi connectivity index (χ0) is 9.00. The van der Waals surface area contributed by atoms with E-state index in [1.54, 1.807) is 0 Å². The minimum atomic E-state index is -4.61. The van der Waals surface area contributed by atoms with E-state index in [4.69, 9.17) is 38.4 Å². The number of rotatable bonds is 0. The van der Waals surface area contributed by atoms with Gasteiger partial charge in [0.15, 0.2) is 0 Å². The minimum absolute atomic E-state index is 0. The van der Waals surface area contributed by atoms with Gasteiger partial charge in [0.1, 0.15) is 0 Å². The fraction of sp³-hybridized carbons (Fsp3) is 0. The topological polar surface area (TPSA) is 162 Å². The molecule has 0 fully saturated rings. The Bertz CT molecular complexity index is 65.1. The van der Waals surface area contributed by atoms with E-state index in [0.29, 0.717) is 0 Å². The van der Waals surface area contributed by atoms with Gasteiger partial charge in [0.2, 0.25) is 0 Å². The molecular weight excluding hydrogens is 384 g/mol. The van der Waals surface area contributed by atoms with Crippen molar-refractivity contribution < 1.29 is 38.4 Å². The van der Waals surface area contributed by atoms with Crippen LogP contribution in [0.25, 0.3) is 0 Å². The van der Waals surface area contributed by atoms with Crippen molar-refractivity contribution in [2.45, 2.75) is 0 Å². The summed E-state index contributed by atoms with van der Waals surface area (Å²) in [6, 6.07) is 0. The van der Waals surface area contributed by atoms with Crippen LogP contribution in [-0.4, -0.2) is 186 Å². The third-order valence-electron chi connectivity index (χ3n) is 0. The van der Waals surface area contributed by atoms with Crippen molar-refractivity contribution in [1.29, 1.82) is 0 Å². The predicted octanol–water partition coefficient (Wildman–Crippen LogP) is -7.43. The van der Waals surface area contributed by atoms with Gasteiger partial charge in [-0.25, -0.2) is 0 Å². The van der Waals surface area contributed by atoms with Crippen LogP contribution in [0.15, 0.2) is 0 Å². The first kappa shape index (κ1) is 30.4. The summed E-state index contributed by atoms with van der Waals surface area (Å²) in [6.45, 7) is 0. The predicted molar refractivity (Wildman–Crippen MR) is 52.1 cm³/mol. The third kappa shape index (κ3) is 179. The second-order valence-corrected chi connectivity index (χ2v) is 3.60. The van der Waals surface area contributed by atoms with Crippen LogP contribution in [0.1, 0.15) is 0 Å². The first-order chi connectivity index (χ1) is 4.00. The molecule has 72 valence electrons. The summed E-state index contributed by atoms with van der Waals surface area (Å²) in [5.41, 5.74) is 0. The Morgan fingerprint density at radius 2 is 0.538 bits per heavy atom. The van der Waals surface area contributed by atoms with Gasteiger partial charge in [-0.3, -0.25) is 0 Å². The molecule has 0 aliphatic rings. The van der Waals surface area contributed by atoms with Crippen molar-refractivity contribution in [3.8, 4) is 0 Å². The molecule has 0 heterocycles. The van der Waals surface area contributed by atoms with Gasteiger partial charge in [-0.05, 0) is 0 Å². The van der Waals surface area contributed by atoms with Crippen LogP contribution in [0, 0.1) is 0 Å². The van der Waals surface area contributed by atoms with Gasteiger partial charge < -0.3 is 38.4 Å². The van der Waals surface area contributed by atoms with Crippen LogP contribution < -0.4 is 0 Å². The molecule has 0 aliphatic heterocycles. The number of hydrogen-bond acceptors (Lipinski definition) is 8. The maximum absolute atomic E-state index is 7.33. The molecule has 0 radical (unpaired) electrons. The van der Waals surface area contributed by atoms with Crippen LogP contribution in [0.2, 0.25) is 0 Å². The van der Waals surface area contributed by atoms with E-state index >= 15 is 0 Å². The summed E-state index contributed by atoms with van der Waals surface area (Å²) < 4.78 is 0. The SMILES string of the molecule is O[Si](O)(O)O.O[Si](O)(O)O.[BaH2].[KH].[NaH]. The first-order valence-electron chi connectivity index (χ1n) is 1.79. The van der Waals surface area contributed by atoms with Crippen molar-refractivity contribution in [2.75, 3.05) is 0 Å². The molecule has 13 heavy (non-hydrogen) atoms. The third-order valence-corrected chi connectivity index (χ3v) is 0. The van der Waals surface area contributed by atoms with Gasteiger partial charge in [-0.15, -0.1) is 0 Å². The molecule has 0 bridgehead atoms. The normalized spacial score (nSPS) is 9.23. The Balaban J connectivity index is -0.0000000267. The van der Waals surface area contributed by atoms with Gasteiger partial charge in [0.05, 0.1) is 0 Å². The van der Waals surface area contributed by atoms with E-state index in [0.717, 1.165) is 0 Å². The van der Waals surface area contributed by atoms with Gasteiger partial charge in [0, 0.05) is 0 Å². The van der Waals surface area contributed by atoms with Crippen molar-refractivity contribution in [2.24, 2.45) is 0 Å². The van der Waals surface area contributed by atoms with Crippen LogP contribution in [-0.2, 0) is 0 Å². The average molecular weight is 396 g/mol. The summed E-state index contributed by atoms with van der Waals surface area (Å²) in [5, 5.41) is 0. The summed E-state index contributed by atoms with van der Waals surface area (Å²) in [7, 11) is -9.22. The van der Waals surface area contributed by atoms with Crippen molar-refractivity contribution in [3.05, 3.63) is 0 Å². The fourth-order valence-electron chi connectivity index (χ4n) is 0. The van der Waals surface area contributed by atoms with Crippen LogP contribution >= 0.6 is 0 Å². The Kier molecular flexibility index (Phi) is 33.6. The van der Waals surface area contributed by atoms with Crippen LogP contribution in [0.4, 0.5) is 0 Å². The zero-order valence-corrected chi connectivity index (χ0v) is 6.58. The second kappa shape index (κ2) is 14.4. The molecule has 0 unspecified atom stereocenters. The summed E-state index contributed by atoms with van der Waals surface area (Å²) >= 11 is 0. The van der Waals surface area contributed by atoms with E-state index in [1.807, 2.05) is 0 Å². The van der Waals surface area contributed by atoms with Crippen LogP contribution in [0.3, 0.4) is 0 Å². The number of hydrogen-bond donors (Lipinski definition) is 8. The Morgan fingerprint density at radius 3 is 0.538 bits per heavy atom. The van der Waals surface area contributed by atoms with Crippen molar-refractivity contribution in [1.82, 2.24) is 0 Å².